The number of hydrogen-bond donors (Lipinski definition) is 1. The molecule has 0 aliphatic carbocycles. The summed E-state index contributed by atoms with van der Waals surface area (Å²) in [5.74, 6) is 1.31. The Morgan fingerprint density at radius 2 is 1.89 bits per heavy atom. The number of hydrogen-bond acceptors (Lipinski definition) is 3. The van der Waals surface area contributed by atoms with E-state index in [1.54, 1.807) is 0 Å². The van der Waals surface area contributed by atoms with Crippen molar-refractivity contribution in [1.82, 2.24) is 15.1 Å². The van der Waals surface area contributed by atoms with Crippen molar-refractivity contribution >= 4 is 5.91 Å². The first-order valence-electron chi connectivity index (χ1n) is 7.33. The molecule has 1 amide bonds. The van der Waals surface area contributed by atoms with Crippen LogP contribution < -0.4 is 5.32 Å². The number of rotatable bonds is 5. The smallest absolute Gasteiger partial charge is 0.237 e. The second-order valence-electron chi connectivity index (χ2n) is 6.23. The predicted octanol–water partition coefficient (Wildman–Crippen LogP) is 1.13. The third-order valence-corrected chi connectivity index (χ3v) is 4.03. The molecular weight excluding hydrogens is 226 g/mol. The average Bonchev–Trinajstić information content (AvgIpc) is 2.90. The average molecular weight is 253 g/mol. The monoisotopic (exact) mass is 253 g/mol. The van der Waals surface area contributed by atoms with Gasteiger partial charge in [0.1, 0.15) is 0 Å². The summed E-state index contributed by atoms with van der Waals surface area (Å²) in [5, 5.41) is 3.32. The van der Waals surface area contributed by atoms with E-state index < -0.39 is 0 Å². The summed E-state index contributed by atoms with van der Waals surface area (Å²) < 4.78 is 0. The SMILES string of the molecule is CC(CN1CCCC1)CN1C(=O)CNC1C(C)C. The van der Waals surface area contributed by atoms with Gasteiger partial charge in [0.2, 0.25) is 5.91 Å². The van der Waals surface area contributed by atoms with E-state index in [-0.39, 0.29) is 12.1 Å². The quantitative estimate of drug-likeness (QED) is 0.798. The highest BCUT2D eigenvalue weighted by molar-refractivity contribution is 5.80. The van der Waals surface area contributed by atoms with Gasteiger partial charge >= 0.3 is 0 Å². The van der Waals surface area contributed by atoms with Crippen LogP contribution in [-0.4, -0.2) is 54.6 Å². The Hall–Kier alpha value is -0.610. The predicted molar refractivity (Wildman–Crippen MR) is 73.2 cm³/mol. The zero-order chi connectivity index (χ0) is 13.1. The van der Waals surface area contributed by atoms with Crippen molar-refractivity contribution in [1.29, 1.82) is 0 Å². The van der Waals surface area contributed by atoms with Gasteiger partial charge in [-0.05, 0) is 37.8 Å². The molecule has 0 saturated carbocycles. The number of likely N-dealkylation sites (tertiary alicyclic amines) is 1. The van der Waals surface area contributed by atoms with Crippen LogP contribution in [-0.2, 0) is 4.79 Å². The zero-order valence-corrected chi connectivity index (χ0v) is 12.0. The molecule has 2 unspecified atom stereocenters. The van der Waals surface area contributed by atoms with Crippen molar-refractivity contribution < 1.29 is 4.79 Å². The Morgan fingerprint density at radius 3 is 2.50 bits per heavy atom. The van der Waals surface area contributed by atoms with Gasteiger partial charge in [-0.1, -0.05) is 20.8 Å². The fraction of sp³-hybridized carbons (Fsp3) is 0.929. The molecule has 0 aromatic rings. The summed E-state index contributed by atoms with van der Waals surface area (Å²) in [6.45, 7) is 11.6. The lowest BCUT2D eigenvalue weighted by Gasteiger charge is -2.31. The molecule has 2 aliphatic rings. The number of carbonyl (C=O) groups is 1. The van der Waals surface area contributed by atoms with Crippen molar-refractivity contribution in [3.05, 3.63) is 0 Å². The lowest BCUT2D eigenvalue weighted by molar-refractivity contribution is -0.129. The van der Waals surface area contributed by atoms with Gasteiger partial charge in [0.15, 0.2) is 0 Å². The van der Waals surface area contributed by atoms with Gasteiger partial charge in [0, 0.05) is 13.1 Å². The molecule has 0 radical (unpaired) electrons. The normalized spacial score (nSPS) is 27.4. The van der Waals surface area contributed by atoms with Crippen molar-refractivity contribution in [2.45, 2.75) is 39.8 Å². The molecule has 0 aromatic heterocycles. The minimum Gasteiger partial charge on any atom is -0.325 e. The van der Waals surface area contributed by atoms with E-state index in [0.29, 0.717) is 18.4 Å². The molecule has 104 valence electrons. The van der Waals surface area contributed by atoms with E-state index in [4.69, 9.17) is 0 Å². The Bertz CT molecular complexity index is 287. The molecular formula is C14H27N3O. The van der Waals surface area contributed by atoms with Crippen LogP contribution in [0.4, 0.5) is 0 Å². The number of nitrogens with zero attached hydrogens (tertiary/aromatic N) is 2. The number of amides is 1. The van der Waals surface area contributed by atoms with Crippen LogP contribution in [0.25, 0.3) is 0 Å². The van der Waals surface area contributed by atoms with Gasteiger partial charge in [0.25, 0.3) is 0 Å². The maximum atomic E-state index is 11.9. The van der Waals surface area contributed by atoms with E-state index in [1.807, 2.05) is 4.90 Å². The first-order chi connectivity index (χ1) is 8.58. The largest absolute Gasteiger partial charge is 0.325 e. The summed E-state index contributed by atoms with van der Waals surface area (Å²) in [7, 11) is 0. The van der Waals surface area contributed by atoms with Gasteiger partial charge < -0.3 is 9.80 Å². The first kappa shape index (κ1) is 13.8. The fourth-order valence-electron chi connectivity index (χ4n) is 3.17. The number of nitrogens with one attached hydrogen (secondary N) is 1. The molecule has 0 bridgehead atoms. The van der Waals surface area contributed by atoms with Crippen molar-refractivity contribution in [2.75, 3.05) is 32.7 Å². The molecule has 2 atom stereocenters. The topological polar surface area (TPSA) is 35.6 Å². The Balaban J connectivity index is 1.84. The summed E-state index contributed by atoms with van der Waals surface area (Å²) in [6.07, 6.45) is 2.91. The van der Waals surface area contributed by atoms with Gasteiger partial charge in [-0.15, -0.1) is 0 Å². The highest BCUT2D eigenvalue weighted by Gasteiger charge is 2.33. The third-order valence-electron chi connectivity index (χ3n) is 4.03. The van der Waals surface area contributed by atoms with E-state index in [2.05, 4.69) is 31.0 Å². The lowest BCUT2D eigenvalue weighted by Crippen LogP contribution is -2.44. The minimum absolute atomic E-state index is 0.235. The van der Waals surface area contributed by atoms with Crippen LogP contribution in [0.5, 0.6) is 0 Å². The van der Waals surface area contributed by atoms with E-state index >= 15 is 0 Å². The van der Waals surface area contributed by atoms with Crippen molar-refractivity contribution in [3.8, 4) is 0 Å². The van der Waals surface area contributed by atoms with Crippen LogP contribution in [0.15, 0.2) is 0 Å². The van der Waals surface area contributed by atoms with E-state index in [9.17, 15) is 4.79 Å². The second-order valence-corrected chi connectivity index (χ2v) is 6.23. The van der Waals surface area contributed by atoms with E-state index in [0.717, 1.165) is 13.1 Å². The van der Waals surface area contributed by atoms with Gasteiger partial charge in [-0.3, -0.25) is 10.1 Å². The first-order valence-corrected chi connectivity index (χ1v) is 7.33. The maximum absolute atomic E-state index is 11.9. The van der Waals surface area contributed by atoms with Crippen molar-refractivity contribution in [3.63, 3.8) is 0 Å². The third kappa shape index (κ3) is 3.23. The molecule has 4 heteroatoms. The maximum Gasteiger partial charge on any atom is 0.237 e. The molecule has 0 spiro atoms. The summed E-state index contributed by atoms with van der Waals surface area (Å²) >= 11 is 0. The van der Waals surface area contributed by atoms with Crippen LogP contribution >= 0.6 is 0 Å². The highest BCUT2D eigenvalue weighted by Crippen LogP contribution is 2.17. The van der Waals surface area contributed by atoms with Gasteiger partial charge in [-0.25, -0.2) is 0 Å². The summed E-state index contributed by atoms with van der Waals surface area (Å²) in [4.78, 5) is 16.5. The fourth-order valence-corrected chi connectivity index (χ4v) is 3.17. The summed E-state index contributed by atoms with van der Waals surface area (Å²) in [6, 6.07) is 0. The Kier molecular flexibility index (Phi) is 4.62. The highest BCUT2D eigenvalue weighted by atomic mass is 16.2. The van der Waals surface area contributed by atoms with Crippen LogP contribution in [0.2, 0.25) is 0 Å². The molecule has 2 rings (SSSR count). The lowest BCUT2D eigenvalue weighted by atomic mass is 10.1. The van der Waals surface area contributed by atoms with Crippen molar-refractivity contribution in [2.24, 2.45) is 11.8 Å². The molecule has 2 saturated heterocycles. The molecule has 2 heterocycles. The molecule has 1 N–H and O–H groups in total. The molecule has 2 aliphatic heterocycles. The molecule has 18 heavy (non-hydrogen) atoms. The standard InChI is InChI=1S/C14H27N3O/c1-11(2)14-15-8-13(18)17(14)10-12(3)9-16-6-4-5-7-16/h11-12,14-15H,4-10H2,1-3H3. The van der Waals surface area contributed by atoms with E-state index in [1.165, 1.54) is 25.9 Å². The van der Waals surface area contributed by atoms with Crippen LogP contribution in [0.3, 0.4) is 0 Å². The minimum atomic E-state index is 0.235. The summed E-state index contributed by atoms with van der Waals surface area (Å²) in [5.41, 5.74) is 0. The van der Waals surface area contributed by atoms with Gasteiger partial charge in [-0.2, -0.15) is 0 Å². The molecule has 2 fully saturated rings. The van der Waals surface area contributed by atoms with Crippen LogP contribution in [0.1, 0.15) is 33.6 Å². The molecule has 0 aromatic carbocycles. The zero-order valence-electron chi connectivity index (χ0n) is 12.0. The molecule has 4 nitrogen and oxygen atoms in total. The Morgan fingerprint density at radius 1 is 1.22 bits per heavy atom. The van der Waals surface area contributed by atoms with Crippen LogP contribution in [0, 0.1) is 11.8 Å². The number of carbonyl (C=O) groups excluding carboxylic acids is 1. The second kappa shape index (κ2) is 6.02. The Labute approximate surface area is 111 Å². The van der Waals surface area contributed by atoms with Gasteiger partial charge in [0.05, 0.1) is 12.7 Å².